The van der Waals surface area contributed by atoms with Crippen molar-refractivity contribution >= 4 is 29.4 Å². The maximum atomic E-state index is 11.8. The van der Waals surface area contributed by atoms with Crippen LogP contribution in [0.3, 0.4) is 0 Å². The zero-order chi connectivity index (χ0) is 15.9. The average molecular weight is 317 g/mol. The van der Waals surface area contributed by atoms with E-state index in [1.807, 2.05) is 37.3 Å². The van der Waals surface area contributed by atoms with Gasteiger partial charge < -0.3 is 15.4 Å². The van der Waals surface area contributed by atoms with Gasteiger partial charge in [0.05, 0.1) is 7.11 Å². The van der Waals surface area contributed by atoms with Crippen LogP contribution in [0.1, 0.15) is 11.1 Å². The summed E-state index contributed by atoms with van der Waals surface area (Å²) in [7, 11) is 1.61. The highest BCUT2D eigenvalue weighted by Gasteiger charge is 2.01. The highest BCUT2D eigenvalue weighted by Crippen LogP contribution is 2.19. The number of nitrogens with one attached hydrogen (secondary N) is 2. The predicted molar refractivity (Wildman–Crippen MR) is 90.4 cm³/mol. The fourth-order valence-electron chi connectivity index (χ4n) is 1.80. The molecule has 0 aliphatic heterocycles. The largest absolute Gasteiger partial charge is 0.497 e. The third-order valence-corrected chi connectivity index (χ3v) is 3.42. The van der Waals surface area contributed by atoms with Crippen molar-refractivity contribution in [3.63, 3.8) is 0 Å². The number of hydrogen-bond donors (Lipinski definition) is 2. The molecule has 2 amide bonds. The second kappa shape index (κ2) is 7.52. The molecule has 0 aromatic heterocycles. The van der Waals surface area contributed by atoms with E-state index in [0.29, 0.717) is 10.7 Å². The molecule has 0 aliphatic carbocycles. The highest BCUT2D eigenvalue weighted by molar-refractivity contribution is 6.31. The minimum absolute atomic E-state index is 0.334. The van der Waals surface area contributed by atoms with Crippen LogP contribution in [0, 0.1) is 6.92 Å². The van der Waals surface area contributed by atoms with Crippen molar-refractivity contribution in [2.75, 3.05) is 12.4 Å². The number of ether oxygens (including phenoxy) is 1. The standard InChI is InChI=1S/C17H17ClN2O2/c1-12-6-7-14(11-16(12)18)20-17(21)19-9-8-13-4-3-5-15(10-13)22-2/h3-11H,1-2H3,(H2,19,20,21)/b9-8+. The van der Waals surface area contributed by atoms with Gasteiger partial charge in [-0.05, 0) is 48.4 Å². The number of carbonyl (C=O) groups is 1. The molecule has 0 fully saturated rings. The third kappa shape index (κ3) is 4.53. The van der Waals surface area contributed by atoms with Gasteiger partial charge in [0.15, 0.2) is 0 Å². The second-order valence-electron chi connectivity index (χ2n) is 4.67. The molecule has 0 aliphatic rings. The molecule has 0 radical (unpaired) electrons. The minimum Gasteiger partial charge on any atom is -0.497 e. The Kier molecular flexibility index (Phi) is 5.44. The molecule has 2 aromatic rings. The summed E-state index contributed by atoms with van der Waals surface area (Å²) in [6.45, 7) is 1.91. The van der Waals surface area contributed by atoms with Gasteiger partial charge in [-0.25, -0.2) is 4.79 Å². The summed E-state index contributed by atoms with van der Waals surface area (Å²) >= 11 is 6.01. The summed E-state index contributed by atoms with van der Waals surface area (Å²) in [6, 6.07) is 12.6. The quantitative estimate of drug-likeness (QED) is 0.875. The zero-order valence-corrected chi connectivity index (χ0v) is 13.1. The van der Waals surface area contributed by atoms with Crippen LogP contribution >= 0.6 is 11.6 Å². The first kappa shape index (κ1) is 15.9. The fourth-order valence-corrected chi connectivity index (χ4v) is 1.98. The number of urea groups is 1. The lowest BCUT2D eigenvalue weighted by atomic mass is 10.2. The van der Waals surface area contributed by atoms with Crippen molar-refractivity contribution in [3.8, 4) is 5.75 Å². The Morgan fingerprint density at radius 2 is 2.05 bits per heavy atom. The van der Waals surface area contributed by atoms with Crippen molar-refractivity contribution < 1.29 is 9.53 Å². The van der Waals surface area contributed by atoms with E-state index in [9.17, 15) is 4.79 Å². The van der Waals surface area contributed by atoms with Crippen molar-refractivity contribution in [1.29, 1.82) is 0 Å². The molecule has 114 valence electrons. The van der Waals surface area contributed by atoms with Crippen LogP contribution in [0.5, 0.6) is 5.75 Å². The van der Waals surface area contributed by atoms with Crippen molar-refractivity contribution in [2.24, 2.45) is 0 Å². The van der Waals surface area contributed by atoms with Gasteiger partial charge in [-0.1, -0.05) is 29.8 Å². The van der Waals surface area contributed by atoms with Gasteiger partial charge in [0.2, 0.25) is 0 Å². The monoisotopic (exact) mass is 316 g/mol. The molecule has 0 saturated heterocycles. The van der Waals surface area contributed by atoms with Gasteiger partial charge in [0, 0.05) is 16.9 Å². The number of carbonyl (C=O) groups excluding carboxylic acids is 1. The van der Waals surface area contributed by atoms with E-state index in [0.717, 1.165) is 16.9 Å². The van der Waals surface area contributed by atoms with E-state index in [1.54, 1.807) is 31.5 Å². The summed E-state index contributed by atoms with van der Waals surface area (Å²) in [6.07, 6.45) is 3.35. The molecule has 0 spiro atoms. The van der Waals surface area contributed by atoms with E-state index >= 15 is 0 Å². The van der Waals surface area contributed by atoms with Gasteiger partial charge in [-0.15, -0.1) is 0 Å². The van der Waals surface area contributed by atoms with Gasteiger partial charge >= 0.3 is 6.03 Å². The molecule has 0 atom stereocenters. The summed E-state index contributed by atoms with van der Waals surface area (Å²) in [5, 5.41) is 5.96. The van der Waals surface area contributed by atoms with Gasteiger partial charge in [0.25, 0.3) is 0 Å². The molecular weight excluding hydrogens is 300 g/mol. The molecule has 2 N–H and O–H groups in total. The molecule has 0 unspecified atom stereocenters. The lowest BCUT2D eigenvalue weighted by Crippen LogP contribution is -2.23. The maximum absolute atomic E-state index is 11.8. The van der Waals surface area contributed by atoms with Crippen LogP contribution in [0.4, 0.5) is 10.5 Å². The number of amides is 2. The van der Waals surface area contributed by atoms with E-state index in [1.165, 1.54) is 0 Å². The Morgan fingerprint density at radius 1 is 1.23 bits per heavy atom. The molecular formula is C17H17ClN2O2. The lowest BCUT2D eigenvalue weighted by Gasteiger charge is -2.06. The van der Waals surface area contributed by atoms with E-state index in [2.05, 4.69) is 10.6 Å². The Morgan fingerprint density at radius 3 is 2.77 bits per heavy atom. The Bertz CT molecular complexity index is 699. The highest BCUT2D eigenvalue weighted by atomic mass is 35.5. The Labute approximate surface area is 134 Å². The molecule has 0 saturated carbocycles. The van der Waals surface area contributed by atoms with Crippen LogP contribution in [-0.2, 0) is 0 Å². The summed E-state index contributed by atoms with van der Waals surface area (Å²) < 4.78 is 5.14. The van der Waals surface area contributed by atoms with Crippen LogP contribution in [0.25, 0.3) is 6.08 Å². The molecule has 2 aromatic carbocycles. The topological polar surface area (TPSA) is 50.4 Å². The van der Waals surface area contributed by atoms with Gasteiger partial charge in [0.1, 0.15) is 5.75 Å². The first-order chi connectivity index (χ1) is 10.6. The summed E-state index contributed by atoms with van der Waals surface area (Å²) in [5.74, 6) is 0.765. The molecule has 2 rings (SSSR count). The zero-order valence-electron chi connectivity index (χ0n) is 12.4. The van der Waals surface area contributed by atoms with Crippen LogP contribution in [-0.4, -0.2) is 13.1 Å². The van der Waals surface area contributed by atoms with Crippen molar-refractivity contribution in [2.45, 2.75) is 6.92 Å². The van der Waals surface area contributed by atoms with Crippen LogP contribution in [0.15, 0.2) is 48.7 Å². The van der Waals surface area contributed by atoms with Crippen LogP contribution < -0.4 is 15.4 Å². The number of benzene rings is 2. The first-order valence-corrected chi connectivity index (χ1v) is 7.10. The lowest BCUT2D eigenvalue weighted by molar-refractivity contribution is 0.255. The molecule has 4 nitrogen and oxygen atoms in total. The molecule has 22 heavy (non-hydrogen) atoms. The predicted octanol–water partition coefficient (Wildman–Crippen LogP) is 4.45. The number of halogens is 1. The number of methoxy groups -OCH3 is 1. The summed E-state index contributed by atoms with van der Waals surface area (Å²) in [4.78, 5) is 11.8. The smallest absolute Gasteiger partial charge is 0.323 e. The van der Waals surface area contributed by atoms with Gasteiger partial charge in [-0.2, -0.15) is 0 Å². The number of aryl methyl sites for hydroxylation is 1. The average Bonchev–Trinajstić information content (AvgIpc) is 2.51. The van der Waals surface area contributed by atoms with Crippen molar-refractivity contribution in [3.05, 3.63) is 64.8 Å². The molecule has 5 heteroatoms. The fraction of sp³-hybridized carbons (Fsp3) is 0.118. The normalized spacial score (nSPS) is 10.5. The molecule has 0 heterocycles. The Balaban J connectivity index is 1.91. The maximum Gasteiger partial charge on any atom is 0.323 e. The Hall–Kier alpha value is -2.46. The third-order valence-electron chi connectivity index (χ3n) is 3.01. The van der Waals surface area contributed by atoms with Crippen molar-refractivity contribution in [1.82, 2.24) is 5.32 Å². The first-order valence-electron chi connectivity index (χ1n) is 6.73. The van der Waals surface area contributed by atoms with Crippen LogP contribution in [0.2, 0.25) is 5.02 Å². The van der Waals surface area contributed by atoms with E-state index in [4.69, 9.17) is 16.3 Å². The van der Waals surface area contributed by atoms with E-state index < -0.39 is 0 Å². The number of rotatable bonds is 4. The minimum atomic E-state index is -0.334. The summed E-state index contributed by atoms with van der Waals surface area (Å²) in [5.41, 5.74) is 2.53. The number of anilines is 1. The van der Waals surface area contributed by atoms with Gasteiger partial charge in [-0.3, -0.25) is 0 Å². The number of hydrogen-bond acceptors (Lipinski definition) is 2. The second-order valence-corrected chi connectivity index (χ2v) is 5.08. The molecule has 0 bridgehead atoms. The van der Waals surface area contributed by atoms with E-state index in [-0.39, 0.29) is 6.03 Å². The SMILES string of the molecule is COc1cccc(/C=C/NC(=O)Nc2ccc(C)c(Cl)c2)c1.